The van der Waals surface area contributed by atoms with Gasteiger partial charge in [-0.15, -0.1) is 0 Å². The lowest BCUT2D eigenvalue weighted by Crippen LogP contribution is -2.54. The van der Waals surface area contributed by atoms with E-state index in [9.17, 15) is 14.4 Å². The highest BCUT2D eigenvalue weighted by atomic mass is 35.5. The summed E-state index contributed by atoms with van der Waals surface area (Å²) in [5, 5.41) is 5.13. The minimum atomic E-state index is -0.847. The average molecular weight is 623 g/mol. The van der Waals surface area contributed by atoms with Crippen molar-refractivity contribution in [2.75, 3.05) is 4.90 Å². The third kappa shape index (κ3) is 6.15. The Hall–Kier alpha value is -5.11. The van der Waals surface area contributed by atoms with Crippen LogP contribution in [0, 0.1) is 0 Å². The minimum Gasteiger partial charge on any atom is -0.489 e. The lowest BCUT2D eigenvalue weighted by molar-refractivity contribution is -0.122. The maximum Gasteiger partial charge on any atom is 0.335 e. The number of nitrogens with zero attached hydrogens (tertiary/aromatic N) is 1. The normalized spacial score (nSPS) is 14.2. The fourth-order valence-electron chi connectivity index (χ4n) is 4.80. The van der Waals surface area contributed by atoms with Gasteiger partial charge < -0.3 is 9.47 Å². The van der Waals surface area contributed by atoms with E-state index in [4.69, 9.17) is 32.7 Å². The Bertz CT molecular complexity index is 1920. The number of anilines is 1. The highest BCUT2D eigenvalue weighted by Gasteiger charge is 2.37. The maximum atomic E-state index is 13.7. The second-order valence-corrected chi connectivity index (χ2v) is 10.8. The van der Waals surface area contributed by atoms with Crippen LogP contribution in [0.5, 0.6) is 11.5 Å². The van der Waals surface area contributed by atoms with Crippen LogP contribution in [0.25, 0.3) is 16.8 Å². The number of urea groups is 1. The van der Waals surface area contributed by atoms with Crippen molar-refractivity contribution in [2.24, 2.45) is 0 Å². The number of nitrogens with one attached hydrogen (secondary N) is 1. The first-order valence-corrected chi connectivity index (χ1v) is 14.4. The summed E-state index contributed by atoms with van der Waals surface area (Å²) in [7, 11) is 0. The summed E-state index contributed by atoms with van der Waals surface area (Å²) in [6.07, 6.45) is 1.46. The Morgan fingerprint density at radius 2 is 1.45 bits per heavy atom. The zero-order chi connectivity index (χ0) is 30.6. The zero-order valence-electron chi connectivity index (χ0n) is 23.1. The van der Waals surface area contributed by atoms with E-state index in [0.29, 0.717) is 33.7 Å². The van der Waals surface area contributed by atoms with Crippen LogP contribution < -0.4 is 19.7 Å². The Morgan fingerprint density at radius 1 is 0.727 bits per heavy atom. The molecular formula is C35H24Cl2N2O5. The van der Waals surface area contributed by atoms with Crippen molar-refractivity contribution >= 4 is 63.6 Å². The lowest BCUT2D eigenvalue weighted by Gasteiger charge is -2.26. The average Bonchev–Trinajstić information content (AvgIpc) is 3.03. The van der Waals surface area contributed by atoms with Gasteiger partial charge >= 0.3 is 6.03 Å². The first-order valence-electron chi connectivity index (χ1n) is 13.6. The molecule has 0 aromatic heterocycles. The van der Waals surface area contributed by atoms with Crippen LogP contribution in [-0.4, -0.2) is 17.8 Å². The number of amides is 4. The van der Waals surface area contributed by atoms with Crippen molar-refractivity contribution in [3.05, 3.63) is 142 Å². The van der Waals surface area contributed by atoms with Gasteiger partial charge in [-0.3, -0.25) is 14.9 Å². The summed E-state index contributed by atoms with van der Waals surface area (Å²) in [6, 6.07) is 31.5. The highest BCUT2D eigenvalue weighted by molar-refractivity contribution is 6.39. The molecule has 44 heavy (non-hydrogen) atoms. The molecule has 0 aliphatic carbocycles. The van der Waals surface area contributed by atoms with E-state index < -0.39 is 17.8 Å². The summed E-state index contributed by atoms with van der Waals surface area (Å²) in [5.41, 5.74) is 2.30. The summed E-state index contributed by atoms with van der Waals surface area (Å²) in [6.45, 7) is 0.484. The number of fused-ring (bicyclic) bond motifs is 1. The van der Waals surface area contributed by atoms with Crippen molar-refractivity contribution in [3.8, 4) is 11.5 Å². The summed E-state index contributed by atoms with van der Waals surface area (Å²) < 4.78 is 12.0. The predicted molar refractivity (Wildman–Crippen MR) is 171 cm³/mol. The number of hydrogen-bond acceptors (Lipinski definition) is 5. The molecule has 0 radical (unpaired) electrons. The van der Waals surface area contributed by atoms with Gasteiger partial charge in [0.25, 0.3) is 11.8 Å². The number of carbonyl (C=O) groups excluding carboxylic acids is 3. The molecule has 1 heterocycles. The molecule has 1 aliphatic heterocycles. The first kappa shape index (κ1) is 29.0. The SMILES string of the molecule is O=C1NC(=O)N(c2ccc(OCc3ccc(Cl)cc3)cc2)C(=O)/C1=C/c1c(OCc2ccccc2Cl)ccc2ccccc12. The van der Waals surface area contributed by atoms with E-state index in [2.05, 4.69) is 5.32 Å². The monoisotopic (exact) mass is 622 g/mol. The molecule has 0 bridgehead atoms. The van der Waals surface area contributed by atoms with Crippen molar-refractivity contribution in [2.45, 2.75) is 13.2 Å². The zero-order valence-corrected chi connectivity index (χ0v) is 24.6. The Morgan fingerprint density at radius 3 is 2.23 bits per heavy atom. The van der Waals surface area contributed by atoms with Gasteiger partial charge in [-0.05, 0) is 70.9 Å². The second kappa shape index (κ2) is 12.6. The molecule has 218 valence electrons. The van der Waals surface area contributed by atoms with Crippen molar-refractivity contribution in [1.82, 2.24) is 5.32 Å². The van der Waals surface area contributed by atoms with Crippen molar-refractivity contribution in [1.29, 1.82) is 0 Å². The van der Waals surface area contributed by atoms with Gasteiger partial charge in [0.05, 0.1) is 5.69 Å². The molecular weight excluding hydrogens is 599 g/mol. The molecule has 1 N–H and O–H groups in total. The number of barbiturate groups is 1. The molecule has 0 atom stereocenters. The van der Waals surface area contributed by atoms with E-state index in [1.54, 1.807) is 48.5 Å². The number of carbonyl (C=O) groups is 3. The van der Waals surface area contributed by atoms with Gasteiger partial charge in [0, 0.05) is 21.2 Å². The van der Waals surface area contributed by atoms with Gasteiger partial charge in [0.1, 0.15) is 30.3 Å². The number of benzene rings is 5. The van der Waals surface area contributed by atoms with Crippen LogP contribution in [0.4, 0.5) is 10.5 Å². The van der Waals surface area contributed by atoms with Crippen molar-refractivity contribution in [3.63, 3.8) is 0 Å². The molecule has 9 heteroatoms. The summed E-state index contributed by atoms with van der Waals surface area (Å²) >= 11 is 12.3. The Labute approximate surface area is 263 Å². The standard InChI is InChI=1S/C35H24Cl2N2O5/c36-25-12-9-22(10-13-25)20-43-27-16-14-26(15-17-27)39-34(41)30(33(40)38-35(39)42)19-29-28-7-3-1-5-23(28)11-18-32(29)44-21-24-6-2-4-8-31(24)37/h1-19H,20-21H2,(H,38,40,42)/b30-19+. The molecule has 4 amide bonds. The molecule has 6 rings (SSSR count). The van der Waals surface area contributed by atoms with E-state index in [-0.39, 0.29) is 17.9 Å². The number of hydrogen-bond donors (Lipinski definition) is 1. The quantitative estimate of drug-likeness (QED) is 0.140. The van der Waals surface area contributed by atoms with Crippen LogP contribution >= 0.6 is 23.2 Å². The third-order valence-corrected chi connectivity index (χ3v) is 7.70. The summed E-state index contributed by atoms with van der Waals surface area (Å²) in [5.74, 6) is -0.582. The molecule has 5 aromatic rings. The van der Waals surface area contributed by atoms with Crippen LogP contribution in [-0.2, 0) is 22.8 Å². The van der Waals surface area contributed by atoms with Gasteiger partial charge in [-0.2, -0.15) is 0 Å². The second-order valence-electron chi connectivity index (χ2n) is 9.95. The first-order chi connectivity index (χ1) is 21.4. The fourth-order valence-corrected chi connectivity index (χ4v) is 5.11. The van der Waals surface area contributed by atoms with E-state index in [1.807, 2.05) is 60.7 Å². The predicted octanol–water partition coefficient (Wildman–Crippen LogP) is 7.97. The number of rotatable bonds is 8. The van der Waals surface area contributed by atoms with Gasteiger partial charge in [0.2, 0.25) is 0 Å². The van der Waals surface area contributed by atoms with Crippen LogP contribution in [0.1, 0.15) is 16.7 Å². The Kier molecular flexibility index (Phi) is 8.32. The van der Waals surface area contributed by atoms with Crippen LogP contribution in [0.3, 0.4) is 0 Å². The lowest BCUT2D eigenvalue weighted by atomic mass is 9.99. The molecule has 1 aliphatic rings. The summed E-state index contributed by atoms with van der Waals surface area (Å²) in [4.78, 5) is 40.5. The Balaban J connectivity index is 1.29. The number of halogens is 2. The van der Waals surface area contributed by atoms with Gasteiger partial charge in [-0.25, -0.2) is 9.69 Å². The molecule has 1 saturated heterocycles. The highest BCUT2D eigenvalue weighted by Crippen LogP contribution is 2.33. The molecule has 5 aromatic carbocycles. The topological polar surface area (TPSA) is 84.9 Å². The van der Waals surface area contributed by atoms with Gasteiger partial charge in [0.15, 0.2) is 0 Å². The largest absolute Gasteiger partial charge is 0.489 e. The molecule has 7 nitrogen and oxygen atoms in total. The molecule has 0 saturated carbocycles. The smallest absolute Gasteiger partial charge is 0.335 e. The van der Waals surface area contributed by atoms with Crippen LogP contribution in [0.2, 0.25) is 10.0 Å². The van der Waals surface area contributed by atoms with Crippen LogP contribution in [0.15, 0.2) is 115 Å². The fraction of sp³-hybridized carbons (Fsp3) is 0.0571. The number of ether oxygens (including phenoxy) is 2. The van der Waals surface area contributed by atoms with E-state index >= 15 is 0 Å². The molecule has 1 fully saturated rings. The molecule has 0 unspecified atom stereocenters. The maximum absolute atomic E-state index is 13.7. The number of imide groups is 2. The van der Waals surface area contributed by atoms with Crippen molar-refractivity contribution < 1.29 is 23.9 Å². The van der Waals surface area contributed by atoms with E-state index in [0.717, 1.165) is 26.8 Å². The van der Waals surface area contributed by atoms with E-state index in [1.165, 1.54) is 6.08 Å². The third-order valence-electron chi connectivity index (χ3n) is 7.08. The minimum absolute atomic E-state index is 0.172. The van der Waals surface area contributed by atoms with Gasteiger partial charge in [-0.1, -0.05) is 83.9 Å². The molecule has 0 spiro atoms.